The van der Waals surface area contributed by atoms with Crippen LogP contribution in [-0.2, 0) is 17.7 Å². The van der Waals surface area contributed by atoms with Crippen molar-refractivity contribution in [2.45, 2.75) is 24.3 Å². The number of thioether (sulfide) groups is 1. The quantitative estimate of drug-likeness (QED) is 0.687. The summed E-state index contributed by atoms with van der Waals surface area (Å²) < 4.78 is 9.10. The molecule has 0 aliphatic carbocycles. The Morgan fingerprint density at radius 3 is 2.78 bits per heavy atom. The van der Waals surface area contributed by atoms with E-state index in [4.69, 9.17) is 9.72 Å². The van der Waals surface area contributed by atoms with Crippen molar-refractivity contribution in [3.05, 3.63) is 51.9 Å². The molecular weight excluding hydrogens is 362 g/mol. The fraction of sp³-hybridized carbons (Fsp3) is 0.421. The van der Waals surface area contributed by atoms with E-state index >= 15 is 0 Å². The molecule has 2 aliphatic rings. The van der Waals surface area contributed by atoms with Gasteiger partial charge in [-0.25, -0.2) is 0 Å². The maximum absolute atomic E-state index is 13.1. The minimum absolute atomic E-state index is 0.0407. The zero-order valence-electron chi connectivity index (χ0n) is 15.0. The predicted octanol–water partition coefficient (Wildman–Crippen LogP) is 1.81. The number of hydrogen-bond donors (Lipinski definition) is 0. The molecule has 0 radical (unpaired) electrons. The highest BCUT2D eigenvalue weighted by molar-refractivity contribution is 7.99. The van der Waals surface area contributed by atoms with Gasteiger partial charge in [0.1, 0.15) is 0 Å². The maximum atomic E-state index is 13.1. The first-order valence-corrected chi connectivity index (χ1v) is 10.3. The fourth-order valence-electron chi connectivity index (χ4n) is 3.70. The summed E-state index contributed by atoms with van der Waals surface area (Å²) in [5, 5.41) is 4.58. The molecule has 140 valence electrons. The van der Waals surface area contributed by atoms with Gasteiger partial charge in [0, 0.05) is 18.8 Å². The van der Waals surface area contributed by atoms with Gasteiger partial charge >= 0.3 is 0 Å². The Balaban J connectivity index is 1.68. The van der Waals surface area contributed by atoms with Crippen LogP contribution in [-0.4, -0.2) is 51.2 Å². The van der Waals surface area contributed by atoms with Crippen molar-refractivity contribution in [1.29, 1.82) is 0 Å². The molecule has 4 heterocycles. The summed E-state index contributed by atoms with van der Waals surface area (Å²) in [5.41, 5.74) is 2.24. The third-order valence-corrected chi connectivity index (χ3v) is 6.27. The topological polar surface area (TPSA) is 64.7 Å². The smallest absolute Gasteiger partial charge is 0.289 e. The molecule has 27 heavy (non-hydrogen) atoms. The lowest BCUT2D eigenvalue weighted by atomic mass is 10.2. The first-order chi connectivity index (χ1) is 13.3. The predicted molar refractivity (Wildman–Crippen MR) is 105 cm³/mol. The number of hydrogen-bond acceptors (Lipinski definition) is 6. The average molecular weight is 383 g/mol. The minimum atomic E-state index is -0.0407. The van der Waals surface area contributed by atoms with Gasteiger partial charge in [0.25, 0.3) is 5.56 Å². The lowest BCUT2D eigenvalue weighted by Gasteiger charge is -2.25. The van der Waals surface area contributed by atoms with Crippen LogP contribution < -0.4 is 10.5 Å². The van der Waals surface area contributed by atoms with Crippen molar-refractivity contribution in [2.24, 2.45) is 0 Å². The molecule has 0 N–H and O–H groups in total. The van der Waals surface area contributed by atoms with Crippen molar-refractivity contribution in [2.75, 3.05) is 37.0 Å². The summed E-state index contributed by atoms with van der Waals surface area (Å²) >= 11 is 1.64. The van der Waals surface area contributed by atoms with Crippen molar-refractivity contribution in [3.8, 4) is 0 Å². The SMILES string of the molecule is O=c1c2c(n(Cc3ccccc3)c3nc(N4CCOCC4)nn13)CCCS2. The zero-order chi connectivity index (χ0) is 18.2. The third-order valence-electron chi connectivity index (χ3n) is 5.08. The van der Waals surface area contributed by atoms with Crippen molar-refractivity contribution < 1.29 is 4.74 Å². The zero-order valence-corrected chi connectivity index (χ0v) is 15.8. The number of rotatable bonds is 3. The summed E-state index contributed by atoms with van der Waals surface area (Å²) in [4.78, 5) is 20.7. The number of anilines is 1. The van der Waals surface area contributed by atoms with E-state index in [1.54, 1.807) is 11.8 Å². The molecule has 1 saturated heterocycles. The van der Waals surface area contributed by atoms with Gasteiger partial charge in [-0.15, -0.1) is 16.9 Å². The summed E-state index contributed by atoms with van der Waals surface area (Å²) in [6.07, 6.45) is 1.98. The van der Waals surface area contributed by atoms with E-state index in [2.05, 4.69) is 26.7 Å². The summed E-state index contributed by atoms with van der Waals surface area (Å²) in [7, 11) is 0. The van der Waals surface area contributed by atoms with Crippen LogP contribution in [0.1, 0.15) is 17.7 Å². The highest BCUT2D eigenvalue weighted by Gasteiger charge is 2.25. The van der Waals surface area contributed by atoms with Gasteiger partial charge in [0.2, 0.25) is 11.7 Å². The highest BCUT2D eigenvalue weighted by atomic mass is 32.2. The summed E-state index contributed by atoms with van der Waals surface area (Å²) in [5.74, 6) is 2.22. The molecule has 2 aromatic heterocycles. The van der Waals surface area contributed by atoms with Crippen LogP contribution >= 0.6 is 11.8 Å². The largest absolute Gasteiger partial charge is 0.378 e. The lowest BCUT2D eigenvalue weighted by molar-refractivity contribution is 0.122. The van der Waals surface area contributed by atoms with Crippen LogP contribution in [0.5, 0.6) is 0 Å². The molecule has 2 aliphatic heterocycles. The number of benzene rings is 1. The fourth-order valence-corrected chi connectivity index (χ4v) is 4.79. The van der Waals surface area contributed by atoms with Crippen LogP contribution in [0.3, 0.4) is 0 Å². The van der Waals surface area contributed by atoms with Gasteiger partial charge in [-0.1, -0.05) is 30.3 Å². The normalized spacial score (nSPS) is 17.3. The summed E-state index contributed by atoms with van der Waals surface area (Å²) in [6, 6.07) is 10.3. The van der Waals surface area contributed by atoms with Crippen LogP contribution in [0.15, 0.2) is 40.0 Å². The number of aromatic nitrogens is 4. The van der Waals surface area contributed by atoms with Crippen LogP contribution in [0.4, 0.5) is 5.95 Å². The van der Waals surface area contributed by atoms with E-state index in [1.807, 2.05) is 18.2 Å². The van der Waals surface area contributed by atoms with Gasteiger partial charge in [0.05, 0.1) is 24.7 Å². The van der Waals surface area contributed by atoms with Gasteiger partial charge in [-0.2, -0.15) is 9.50 Å². The van der Waals surface area contributed by atoms with Crippen molar-refractivity contribution >= 4 is 23.5 Å². The van der Waals surface area contributed by atoms with Gasteiger partial charge in [-0.3, -0.25) is 4.79 Å². The standard InChI is InChI=1S/C19H21N5O2S/c25-17-16-15(7-4-12-27-16)23(13-14-5-2-1-3-6-14)19-20-18(21-24(17)19)22-8-10-26-11-9-22/h1-3,5-6H,4,7-13H2. The van der Waals surface area contributed by atoms with E-state index in [-0.39, 0.29) is 5.56 Å². The Kier molecular flexibility index (Phi) is 4.37. The first kappa shape index (κ1) is 16.8. The molecule has 0 bridgehead atoms. The maximum Gasteiger partial charge on any atom is 0.289 e. The molecule has 1 aromatic carbocycles. The summed E-state index contributed by atoms with van der Waals surface area (Å²) in [6.45, 7) is 3.51. The lowest BCUT2D eigenvalue weighted by Crippen LogP contribution is -2.37. The average Bonchev–Trinajstić information content (AvgIpc) is 3.18. The molecule has 5 rings (SSSR count). The van der Waals surface area contributed by atoms with Crippen molar-refractivity contribution in [1.82, 2.24) is 19.2 Å². The number of nitrogens with zero attached hydrogens (tertiary/aromatic N) is 5. The Labute approximate surface area is 161 Å². The molecular formula is C19H21N5O2S. The number of fused-ring (bicyclic) bond motifs is 2. The second-order valence-electron chi connectivity index (χ2n) is 6.83. The molecule has 0 atom stereocenters. The monoisotopic (exact) mass is 383 g/mol. The van der Waals surface area contributed by atoms with E-state index in [9.17, 15) is 4.79 Å². The molecule has 3 aromatic rings. The highest BCUT2D eigenvalue weighted by Crippen LogP contribution is 2.29. The van der Waals surface area contributed by atoms with E-state index in [0.717, 1.165) is 42.3 Å². The van der Waals surface area contributed by atoms with Crippen LogP contribution in [0.25, 0.3) is 5.78 Å². The Bertz CT molecular complexity index is 1020. The Morgan fingerprint density at radius 2 is 1.96 bits per heavy atom. The van der Waals surface area contributed by atoms with Crippen LogP contribution in [0.2, 0.25) is 0 Å². The van der Waals surface area contributed by atoms with E-state index in [1.165, 1.54) is 10.1 Å². The van der Waals surface area contributed by atoms with Gasteiger partial charge in [-0.05, 0) is 24.2 Å². The number of morpholine rings is 1. The minimum Gasteiger partial charge on any atom is -0.378 e. The Hall–Kier alpha value is -2.32. The number of ether oxygens (including phenoxy) is 1. The van der Waals surface area contributed by atoms with Gasteiger partial charge < -0.3 is 14.2 Å². The van der Waals surface area contributed by atoms with E-state index in [0.29, 0.717) is 31.5 Å². The molecule has 8 heteroatoms. The molecule has 1 fully saturated rings. The molecule has 7 nitrogen and oxygen atoms in total. The van der Waals surface area contributed by atoms with Crippen molar-refractivity contribution in [3.63, 3.8) is 0 Å². The molecule has 0 unspecified atom stereocenters. The first-order valence-electron chi connectivity index (χ1n) is 9.33. The third kappa shape index (κ3) is 3.02. The second-order valence-corrected chi connectivity index (χ2v) is 7.93. The molecule has 0 spiro atoms. The molecule has 0 saturated carbocycles. The molecule has 0 amide bonds. The van der Waals surface area contributed by atoms with Gasteiger partial charge in [0.15, 0.2) is 0 Å². The van der Waals surface area contributed by atoms with E-state index < -0.39 is 0 Å². The van der Waals surface area contributed by atoms with Crippen LogP contribution in [0, 0.1) is 0 Å². The second kappa shape index (κ2) is 7.01. The Morgan fingerprint density at radius 1 is 1.15 bits per heavy atom.